The Labute approximate surface area is 205 Å². The molecule has 1 atom stereocenters. The standard InChI is InChI=1S/C25H23N3O6S/c1-3-10-32-17-7-4-15(5-8-17)21-20(23(30)24(31)28(21)25-27-26-14(2)35-25)22(29)16-6-9-18-19(13-16)34-12-11-33-18/h4-9,13,21,29H,3,10-12H2,1-2H3. The van der Waals surface area contributed by atoms with Crippen LogP contribution in [0.2, 0.25) is 0 Å². The maximum atomic E-state index is 13.3. The van der Waals surface area contributed by atoms with Gasteiger partial charge in [-0.1, -0.05) is 30.4 Å². The molecule has 5 rings (SSSR count). The van der Waals surface area contributed by atoms with Gasteiger partial charge in [-0.15, -0.1) is 10.2 Å². The van der Waals surface area contributed by atoms with E-state index in [0.717, 1.165) is 6.42 Å². The Morgan fingerprint density at radius 3 is 2.54 bits per heavy atom. The zero-order chi connectivity index (χ0) is 24.5. The van der Waals surface area contributed by atoms with Gasteiger partial charge in [0.05, 0.1) is 18.2 Å². The van der Waals surface area contributed by atoms with E-state index in [1.54, 1.807) is 49.4 Å². The molecule has 1 fully saturated rings. The normalized spacial score (nSPS) is 18.7. The van der Waals surface area contributed by atoms with Gasteiger partial charge in [0, 0.05) is 5.56 Å². The van der Waals surface area contributed by atoms with Crippen molar-refractivity contribution in [1.29, 1.82) is 0 Å². The number of carbonyl (C=O) groups is 2. The van der Waals surface area contributed by atoms with Crippen molar-refractivity contribution in [2.24, 2.45) is 0 Å². The Hall–Kier alpha value is -3.92. The number of anilines is 1. The number of nitrogens with zero attached hydrogens (tertiary/aromatic N) is 3. The first-order valence-corrected chi connectivity index (χ1v) is 12.0. The van der Waals surface area contributed by atoms with Crippen LogP contribution in [0.5, 0.6) is 17.2 Å². The number of carbonyl (C=O) groups excluding carboxylic acids is 2. The van der Waals surface area contributed by atoms with Crippen LogP contribution in [-0.2, 0) is 9.59 Å². The van der Waals surface area contributed by atoms with Crippen LogP contribution < -0.4 is 19.1 Å². The minimum absolute atomic E-state index is 0.0400. The fourth-order valence-corrected chi connectivity index (χ4v) is 4.76. The van der Waals surface area contributed by atoms with Crippen molar-refractivity contribution < 1.29 is 28.9 Å². The number of Topliss-reactive ketones (excluding diaryl/α,β-unsaturated/α-hetero) is 1. The third-order valence-electron chi connectivity index (χ3n) is 5.65. The predicted molar refractivity (Wildman–Crippen MR) is 129 cm³/mol. The van der Waals surface area contributed by atoms with Gasteiger partial charge in [0.2, 0.25) is 5.13 Å². The van der Waals surface area contributed by atoms with Gasteiger partial charge < -0.3 is 19.3 Å². The fraction of sp³-hybridized carbons (Fsp3) is 0.280. The lowest BCUT2D eigenvalue weighted by atomic mass is 9.95. The molecule has 9 nitrogen and oxygen atoms in total. The van der Waals surface area contributed by atoms with E-state index in [-0.39, 0.29) is 16.5 Å². The van der Waals surface area contributed by atoms with E-state index in [2.05, 4.69) is 10.2 Å². The maximum Gasteiger partial charge on any atom is 0.301 e. The highest BCUT2D eigenvalue weighted by molar-refractivity contribution is 7.15. The van der Waals surface area contributed by atoms with Crippen LogP contribution in [0.4, 0.5) is 5.13 Å². The van der Waals surface area contributed by atoms with Gasteiger partial charge in [-0.25, -0.2) is 0 Å². The van der Waals surface area contributed by atoms with Crippen LogP contribution in [0.25, 0.3) is 5.76 Å². The van der Waals surface area contributed by atoms with E-state index < -0.39 is 17.7 Å². The molecule has 2 aliphatic rings. The first-order chi connectivity index (χ1) is 17.0. The second-order valence-corrected chi connectivity index (χ2v) is 9.21. The molecule has 0 aliphatic carbocycles. The fourth-order valence-electron chi connectivity index (χ4n) is 4.04. The molecular formula is C25H23N3O6S. The number of ether oxygens (including phenoxy) is 3. The van der Waals surface area contributed by atoms with Gasteiger partial charge in [0.25, 0.3) is 5.78 Å². The van der Waals surface area contributed by atoms with Gasteiger partial charge in [-0.3, -0.25) is 14.5 Å². The van der Waals surface area contributed by atoms with Crippen LogP contribution in [0.1, 0.15) is 35.5 Å². The van der Waals surface area contributed by atoms with Gasteiger partial charge in [-0.05, 0) is 49.2 Å². The number of fused-ring (bicyclic) bond motifs is 1. The predicted octanol–water partition coefficient (Wildman–Crippen LogP) is 4.03. The molecule has 1 unspecified atom stereocenters. The van der Waals surface area contributed by atoms with E-state index in [1.165, 1.54) is 16.2 Å². The summed E-state index contributed by atoms with van der Waals surface area (Å²) < 4.78 is 16.8. The summed E-state index contributed by atoms with van der Waals surface area (Å²) in [5.74, 6) is -0.204. The lowest BCUT2D eigenvalue weighted by Gasteiger charge is -2.23. The topological polar surface area (TPSA) is 111 Å². The number of hydrogen-bond donors (Lipinski definition) is 1. The summed E-state index contributed by atoms with van der Waals surface area (Å²) in [5.41, 5.74) is 0.926. The number of aliphatic hydroxyl groups excluding tert-OH is 1. The van der Waals surface area contributed by atoms with E-state index in [4.69, 9.17) is 14.2 Å². The first kappa shape index (κ1) is 22.9. The first-order valence-electron chi connectivity index (χ1n) is 11.2. The minimum Gasteiger partial charge on any atom is -0.507 e. The second-order valence-electron chi connectivity index (χ2n) is 8.05. The summed E-state index contributed by atoms with van der Waals surface area (Å²) in [5, 5.41) is 20.3. The zero-order valence-corrected chi connectivity index (χ0v) is 20.0. The molecule has 0 bridgehead atoms. The molecule has 0 spiro atoms. The molecule has 0 saturated carbocycles. The molecule has 1 aromatic heterocycles. The van der Waals surface area contributed by atoms with Crippen molar-refractivity contribution in [2.45, 2.75) is 26.3 Å². The third kappa shape index (κ3) is 4.21. The Balaban J connectivity index is 1.63. The number of rotatable bonds is 6. The number of ketones is 1. The van der Waals surface area contributed by atoms with Gasteiger partial charge in [-0.2, -0.15) is 0 Å². The molecule has 1 N–H and O–H groups in total. The van der Waals surface area contributed by atoms with E-state index in [1.807, 2.05) is 6.92 Å². The number of hydrogen-bond acceptors (Lipinski definition) is 9. The van der Waals surface area contributed by atoms with Crippen molar-refractivity contribution in [1.82, 2.24) is 10.2 Å². The van der Waals surface area contributed by atoms with Gasteiger partial charge >= 0.3 is 5.91 Å². The Morgan fingerprint density at radius 1 is 1.11 bits per heavy atom. The van der Waals surface area contributed by atoms with Crippen molar-refractivity contribution >= 4 is 33.9 Å². The van der Waals surface area contributed by atoms with E-state index in [9.17, 15) is 14.7 Å². The van der Waals surface area contributed by atoms with Crippen molar-refractivity contribution in [3.8, 4) is 17.2 Å². The molecule has 1 saturated heterocycles. The highest BCUT2D eigenvalue weighted by Crippen LogP contribution is 2.44. The summed E-state index contributed by atoms with van der Waals surface area (Å²) in [6, 6.07) is 11.1. The number of aryl methyl sites for hydroxylation is 1. The lowest BCUT2D eigenvalue weighted by Crippen LogP contribution is -2.29. The molecule has 0 radical (unpaired) electrons. The summed E-state index contributed by atoms with van der Waals surface area (Å²) in [6.45, 7) is 5.17. The van der Waals surface area contributed by atoms with Crippen molar-refractivity contribution in [3.05, 3.63) is 64.2 Å². The monoisotopic (exact) mass is 493 g/mol. The Morgan fingerprint density at radius 2 is 1.86 bits per heavy atom. The lowest BCUT2D eigenvalue weighted by molar-refractivity contribution is -0.132. The van der Waals surface area contributed by atoms with Crippen molar-refractivity contribution in [2.75, 3.05) is 24.7 Å². The highest BCUT2D eigenvalue weighted by atomic mass is 32.1. The largest absolute Gasteiger partial charge is 0.507 e. The Bertz CT molecular complexity index is 1320. The van der Waals surface area contributed by atoms with Gasteiger partial charge in [0.1, 0.15) is 29.7 Å². The minimum atomic E-state index is -0.893. The molecular weight excluding hydrogens is 470 g/mol. The average molecular weight is 494 g/mol. The van der Waals surface area contributed by atoms with Crippen LogP contribution in [0.15, 0.2) is 48.0 Å². The summed E-state index contributed by atoms with van der Waals surface area (Å²) in [6.07, 6.45) is 0.869. The molecule has 1 amide bonds. The number of benzene rings is 2. The molecule has 3 aromatic rings. The van der Waals surface area contributed by atoms with Gasteiger partial charge in [0.15, 0.2) is 11.5 Å². The summed E-state index contributed by atoms with van der Waals surface area (Å²) >= 11 is 1.20. The number of aromatic nitrogens is 2. The van der Waals surface area contributed by atoms with Crippen LogP contribution >= 0.6 is 11.3 Å². The summed E-state index contributed by atoms with van der Waals surface area (Å²) in [7, 11) is 0. The smallest absolute Gasteiger partial charge is 0.301 e. The van der Waals surface area contributed by atoms with E-state index >= 15 is 0 Å². The Kier molecular flexibility index (Phi) is 6.12. The molecule has 2 aromatic carbocycles. The molecule has 180 valence electrons. The molecule has 10 heteroatoms. The molecule has 2 aliphatic heterocycles. The number of amides is 1. The van der Waals surface area contributed by atoms with Crippen molar-refractivity contribution in [3.63, 3.8) is 0 Å². The van der Waals surface area contributed by atoms with Crippen LogP contribution in [-0.4, -0.2) is 46.8 Å². The molecule has 35 heavy (non-hydrogen) atoms. The highest BCUT2D eigenvalue weighted by Gasteiger charge is 2.48. The van der Waals surface area contributed by atoms with E-state index in [0.29, 0.717) is 53.2 Å². The quantitative estimate of drug-likeness (QED) is 0.311. The zero-order valence-electron chi connectivity index (χ0n) is 19.2. The molecule has 3 heterocycles. The average Bonchev–Trinajstić information content (AvgIpc) is 3.42. The van der Waals surface area contributed by atoms with Crippen LogP contribution in [0.3, 0.4) is 0 Å². The third-order valence-corrected chi connectivity index (χ3v) is 6.49. The SMILES string of the molecule is CCCOc1ccc(C2C(=C(O)c3ccc4c(c3)OCCO4)C(=O)C(=O)N2c2nnc(C)s2)cc1. The summed E-state index contributed by atoms with van der Waals surface area (Å²) in [4.78, 5) is 27.7. The van der Waals surface area contributed by atoms with Crippen LogP contribution in [0, 0.1) is 6.92 Å². The maximum absolute atomic E-state index is 13.3. The second kappa shape index (κ2) is 9.38. The number of aliphatic hydroxyl groups is 1.